The maximum absolute atomic E-state index is 12.9. The Balaban J connectivity index is 4.37. The minimum Gasteiger partial charge on any atom is -0.462 e. The molecule has 0 heterocycles. The van der Waals surface area contributed by atoms with Crippen LogP contribution in [0.25, 0.3) is 0 Å². The second-order valence-electron chi connectivity index (χ2n) is 21.6. The molecule has 0 N–H and O–H groups in total. The Bertz CT molecular complexity index is 1450. The third-order valence-corrected chi connectivity index (χ3v) is 14.1. The Kier molecular flexibility index (Phi) is 61.2. The van der Waals surface area contributed by atoms with Crippen molar-refractivity contribution >= 4 is 17.9 Å². The molecule has 0 aromatic carbocycles. The van der Waals surface area contributed by atoms with E-state index in [9.17, 15) is 14.4 Å². The van der Waals surface area contributed by atoms with E-state index in [0.717, 1.165) is 83.5 Å². The summed E-state index contributed by atoms with van der Waals surface area (Å²) < 4.78 is 16.9. The van der Waals surface area contributed by atoms with Gasteiger partial charge in [-0.15, -0.1) is 0 Å². The van der Waals surface area contributed by atoms with Crippen LogP contribution in [0.5, 0.6) is 0 Å². The van der Waals surface area contributed by atoms with E-state index in [-0.39, 0.29) is 37.5 Å². The van der Waals surface area contributed by atoms with Gasteiger partial charge in [0, 0.05) is 19.3 Å². The number of hydrogen-bond donors (Lipinski definition) is 0. The maximum atomic E-state index is 12.9. The summed E-state index contributed by atoms with van der Waals surface area (Å²) in [5, 5.41) is 0. The smallest absolute Gasteiger partial charge is 0.306 e. The summed E-state index contributed by atoms with van der Waals surface area (Å²) in [4.78, 5) is 38.3. The monoisotopic (exact) mass is 1060 g/mol. The van der Waals surface area contributed by atoms with Crippen molar-refractivity contribution in [1.29, 1.82) is 0 Å². The molecule has 0 aliphatic carbocycles. The highest BCUT2D eigenvalue weighted by atomic mass is 16.6. The lowest BCUT2D eigenvalue weighted by Crippen LogP contribution is -2.30. The average molecular weight is 1060 g/mol. The molecule has 0 bridgehead atoms. The van der Waals surface area contributed by atoms with Gasteiger partial charge in [0.2, 0.25) is 0 Å². The Morgan fingerprint density at radius 1 is 0.276 bits per heavy atom. The molecule has 0 aromatic heterocycles. The van der Waals surface area contributed by atoms with Gasteiger partial charge in [0.1, 0.15) is 13.2 Å². The fourth-order valence-electron chi connectivity index (χ4n) is 9.23. The SMILES string of the molecule is CC/C=C\C/C=C\C/C=C\C/C=C\C/C=C\CCCC(=O)OC(COC(=O)CCCCCCC/C=C\CCCCCCCCC)COC(=O)CCCCCCCCCCCCCCC/C=C\CCCCCCCCCC. The Morgan fingerprint density at radius 2 is 0.526 bits per heavy atom. The van der Waals surface area contributed by atoms with Crippen LogP contribution >= 0.6 is 0 Å². The quantitative estimate of drug-likeness (QED) is 0.0261. The van der Waals surface area contributed by atoms with Crippen LogP contribution in [0.2, 0.25) is 0 Å². The zero-order valence-corrected chi connectivity index (χ0v) is 50.3. The first kappa shape index (κ1) is 72.6. The summed E-state index contributed by atoms with van der Waals surface area (Å²) in [6, 6.07) is 0. The second kappa shape index (κ2) is 64.1. The van der Waals surface area contributed by atoms with Gasteiger partial charge in [-0.3, -0.25) is 14.4 Å². The standard InChI is InChI=1S/C70H122O6/c1-4-7-10-13-16-19-22-25-28-31-32-33-34-35-36-37-38-40-42-45-48-51-54-57-60-63-69(72)75-66-67(65-74-68(71)62-59-56-53-50-47-44-41-30-27-24-21-18-15-12-9-6-3)76-70(73)64-61-58-55-52-49-46-43-39-29-26-23-20-17-14-11-8-5-2/h8,11,17,20,26,29-32,41,43,46,52,55,67H,4-7,9-10,12-16,18-19,21-25,27-28,33-40,42,44-45,47-51,53-54,56-66H2,1-3H3/b11-8-,20-17-,29-26-,32-31-,41-30-,46-43-,55-52-. The number of allylic oxidation sites excluding steroid dienone is 14. The van der Waals surface area contributed by atoms with E-state index in [4.69, 9.17) is 14.2 Å². The van der Waals surface area contributed by atoms with Crippen LogP contribution in [0.3, 0.4) is 0 Å². The predicted octanol–water partition coefficient (Wildman–Crippen LogP) is 22.3. The molecule has 0 amide bonds. The van der Waals surface area contributed by atoms with Crippen LogP contribution in [0.4, 0.5) is 0 Å². The average Bonchev–Trinajstić information content (AvgIpc) is 3.42. The number of carbonyl (C=O) groups excluding carboxylic acids is 3. The first-order chi connectivity index (χ1) is 37.5. The van der Waals surface area contributed by atoms with Gasteiger partial charge in [-0.2, -0.15) is 0 Å². The summed E-state index contributed by atoms with van der Waals surface area (Å²) >= 11 is 0. The Hall–Kier alpha value is -3.41. The highest BCUT2D eigenvalue weighted by Crippen LogP contribution is 2.16. The molecule has 0 fully saturated rings. The highest BCUT2D eigenvalue weighted by Gasteiger charge is 2.19. The summed E-state index contributed by atoms with van der Waals surface area (Å²) in [5.41, 5.74) is 0. The zero-order valence-electron chi connectivity index (χ0n) is 50.3. The van der Waals surface area contributed by atoms with Crippen LogP contribution in [-0.4, -0.2) is 37.2 Å². The molecule has 438 valence electrons. The van der Waals surface area contributed by atoms with E-state index in [0.29, 0.717) is 19.3 Å². The van der Waals surface area contributed by atoms with Gasteiger partial charge < -0.3 is 14.2 Å². The molecule has 6 heteroatoms. The molecule has 76 heavy (non-hydrogen) atoms. The van der Waals surface area contributed by atoms with Gasteiger partial charge in [-0.05, 0) is 109 Å². The summed E-state index contributed by atoms with van der Waals surface area (Å²) in [6.45, 7) is 6.50. The number of rotatable bonds is 59. The molecule has 0 saturated carbocycles. The van der Waals surface area contributed by atoms with E-state index >= 15 is 0 Å². The number of unbranched alkanes of at least 4 members (excludes halogenated alkanes) is 34. The van der Waals surface area contributed by atoms with Gasteiger partial charge in [0.05, 0.1) is 0 Å². The first-order valence-corrected chi connectivity index (χ1v) is 32.6. The molecular formula is C70H122O6. The van der Waals surface area contributed by atoms with E-state index in [1.165, 1.54) is 193 Å². The van der Waals surface area contributed by atoms with Crippen molar-refractivity contribution in [2.24, 2.45) is 0 Å². The molecule has 0 radical (unpaired) electrons. The summed E-state index contributed by atoms with van der Waals surface area (Å²) in [5.74, 6) is -0.956. The summed E-state index contributed by atoms with van der Waals surface area (Å²) in [7, 11) is 0. The Labute approximate surface area is 471 Å². The largest absolute Gasteiger partial charge is 0.462 e. The lowest BCUT2D eigenvalue weighted by molar-refractivity contribution is -0.167. The molecule has 1 atom stereocenters. The molecule has 0 saturated heterocycles. The molecular weight excluding hydrogens is 937 g/mol. The van der Waals surface area contributed by atoms with E-state index < -0.39 is 6.10 Å². The van der Waals surface area contributed by atoms with E-state index in [1.807, 2.05) is 0 Å². The minimum absolute atomic E-state index is 0.100. The van der Waals surface area contributed by atoms with Crippen molar-refractivity contribution in [2.75, 3.05) is 13.2 Å². The van der Waals surface area contributed by atoms with E-state index in [2.05, 4.69) is 106 Å². The lowest BCUT2D eigenvalue weighted by atomic mass is 10.0. The number of carbonyl (C=O) groups is 3. The van der Waals surface area contributed by atoms with Gasteiger partial charge >= 0.3 is 17.9 Å². The molecule has 0 aliphatic heterocycles. The van der Waals surface area contributed by atoms with Crippen LogP contribution in [0.1, 0.15) is 323 Å². The molecule has 0 aromatic rings. The van der Waals surface area contributed by atoms with Crippen molar-refractivity contribution in [1.82, 2.24) is 0 Å². The van der Waals surface area contributed by atoms with Crippen LogP contribution in [0.15, 0.2) is 85.1 Å². The minimum atomic E-state index is -0.811. The number of ether oxygens (including phenoxy) is 3. The van der Waals surface area contributed by atoms with Gasteiger partial charge in [0.15, 0.2) is 6.10 Å². The highest BCUT2D eigenvalue weighted by molar-refractivity contribution is 5.71. The first-order valence-electron chi connectivity index (χ1n) is 32.6. The van der Waals surface area contributed by atoms with Crippen molar-refractivity contribution < 1.29 is 28.6 Å². The van der Waals surface area contributed by atoms with Crippen molar-refractivity contribution in [3.63, 3.8) is 0 Å². The molecule has 0 spiro atoms. The fourth-order valence-corrected chi connectivity index (χ4v) is 9.23. The molecule has 6 nitrogen and oxygen atoms in total. The molecule has 0 aliphatic rings. The third-order valence-electron chi connectivity index (χ3n) is 14.1. The zero-order chi connectivity index (χ0) is 55.0. The van der Waals surface area contributed by atoms with Gasteiger partial charge in [-0.1, -0.05) is 279 Å². The summed E-state index contributed by atoms with van der Waals surface area (Å²) in [6.07, 6.45) is 84.6. The van der Waals surface area contributed by atoms with Crippen LogP contribution in [-0.2, 0) is 28.6 Å². The maximum Gasteiger partial charge on any atom is 0.306 e. The van der Waals surface area contributed by atoms with Crippen LogP contribution < -0.4 is 0 Å². The fraction of sp³-hybridized carbons (Fsp3) is 0.757. The second-order valence-corrected chi connectivity index (χ2v) is 21.6. The third kappa shape index (κ3) is 61.4. The predicted molar refractivity (Wildman–Crippen MR) is 330 cm³/mol. The van der Waals surface area contributed by atoms with Crippen LogP contribution in [0, 0.1) is 0 Å². The van der Waals surface area contributed by atoms with Crippen molar-refractivity contribution in [2.45, 2.75) is 329 Å². The van der Waals surface area contributed by atoms with Gasteiger partial charge in [0.25, 0.3) is 0 Å². The Morgan fingerprint density at radius 3 is 0.855 bits per heavy atom. The lowest BCUT2D eigenvalue weighted by Gasteiger charge is -2.18. The van der Waals surface area contributed by atoms with E-state index in [1.54, 1.807) is 0 Å². The van der Waals surface area contributed by atoms with Crippen molar-refractivity contribution in [3.05, 3.63) is 85.1 Å². The molecule has 0 rings (SSSR count). The van der Waals surface area contributed by atoms with Gasteiger partial charge in [-0.25, -0.2) is 0 Å². The number of hydrogen-bond acceptors (Lipinski definition) is 6. The number of esters is 3. The normalized spacial score (nSPS) is 12.6. The van der Waals surface area contributed by atoms with Crippen molar-refractivity contribution in [3.8, 4) is 0 Å². The molecule has 1 unspecified atom stereocenters. The topological polar surface area (TPSA) is 78.9 Å².